The number of ether oxygens (including phenoxy) is 1. The normalized spacial score (nSPS) is 22.9. The second kappa shape index (κ2) is 6.14. The minimum absolute atomic E-state index is 0.492. The molecular weight excluding hydrogens is 254 g/mol. The smallest absolute Gasteiger partial charge is 0.404 e. The lowest BCUT2D eigenvalue weighted by Gasteiger charge is -2.31. The fraction of sp³-hybridized carbons (Fsp3) is 0.267. The van der Waals surface area contributed by atoms with Crippen molar-refractivity contribution in [1.82, 2.24) is 0 Å². The van der Waals surface area contributed by atoms with E-state index < -0.39 is 17.7 Å². The summed E-state index contributed by atoms with van der Waals surface area (Å²) in [6, 6.07) is 9.41. The Morgan fingerprint density at radius 1 is 1.35 bits per heavy atom. The lowest BCUT2D eigenvalue weighted by molar-refractivity contribution is 0.0800. The SMILES string of the molecule is CC(OC(N)=O)C1(N=Nc2ccccc2)C=CC=CC1. The third-order valence-corrected chi connectivity index (χ3v) is 3.18. The van der Waals surface area contributed by atoms with Crippen molar-refractivity contribution in [3.63, 3.8) is 0 Å². The third-order valence-electron chi connectivity index (χ3n) is 3.18. The predicted molar refractivity (Wildman–Crippen MR) is 76.7 cm³/mol. The molecule has 1 aromatic carbocycles. The molecule has 0 radical (unpaired) electrons. The van der Waals surface area contributed by atoms with Gasteiger partial charge in [0.2, 0.25) is 0 Å². The molecule has 2 N–H and O–H groups in total. The van der Waals surface area contributed by atoms with E-state index in [1.165, 1.54) is 0 Å². The molecule has 2 rings (SSSR count). The van der Waals surface area contributed by atoms with Crippen LogP contribution in [0, 0.1) is 0 Å². The standard InChI is InChI=1S/C15H17N3O2/c1-12(20-14(16)19)15(10-6-3-7-11-15)18-17-13-8-4-2-5-9-13/h2-10,12H,11H2,1H3,(H2,16,19). The Morgan fingerprint density at radius 3 is 2.70 bits per heavy atom. The second-order valence-corrected chi connectivity index (χ2v) is 4.60. The molecule has 0 saturated carbocycles. The van der Waals surface area contributed by atoms with Gasteiger partial charge in [0.05, 0.1) is 5.69 Å². The first kappa shape index (κ1) is 14.0. The summed E-state index contributed by atoms with van der Waals surface area (Å²) in [6.45, 7) is 1.76. The molecule has 1 amide bonds. The van der Waals surface area contributed by atoms with Gasteiger partial charge in [-0.15, -0.1) is 0 Å². The highest BCUT2D eigenvalue weighted by Gasteiger charge is 2.36. The monoisotopic (exact) mass is 271 g/mol. The van der Waals surface area contributed by atoms with E-state index in [0.717, 1.165) is 5.69 Å². The maximum absolute atomic E-state index is 11.0. The fourth-order valence-corrected chi connectivity index (χ4v) is 2.00. The molecule has 104 valence electrons. The average Bonchev–Trinajstić information content (AvgIpc) is 2.46. The Hall–Kier alpha value is -2.43. The number of hydrogen-bond donors (Lipinski definition) is 1. The largest absolute Gasteiger partial charge is 0.444 e. The van der Waals surface area contributed by atoms with Crippen LogP contribution in [0.15, 0.2) is 64.9 Å². The zero-order valence-corrected chi connectivity index (χ0v) is 11.3. The third kappa shape index (κ3) is 3.32. The number of allylic oxidation sites excluding steroid dienone is 2. The zero-order valence-electron chi connectivity index (χ0n) is 11.3. The fourth-order valence-electron chi connectivity index (χ4n) is 2.00. The minimum atomic E-state index is -0.810. The van der Waals surface area contributed by atoms with Crippen molar-refractivity contribution in [3.8, 4) is 0 Å². The summed E-state index contributed by atoms with van der Waals surface area (Å²) in [5, 5.41) is 8.63. The number of benzene rings is 1. The number of nitrogens with two attached hydrogens (primary N) is 1. The van der Waals surface area contributed by atoms with Gasteiger partial charge in [0.15, 0.2) is 0 Å². The van der Waals surface area contributed by atoms with Crippen LogP contribution in [0.4, 0.5) is 10.5 Å². The molecule has 1 aliphatic carbocycles. The molecule has 5 heteroatoms. The summed E-state index contributed by atoms with van der Waals surface area (Å²) < 4.78 is 5.08. The van der Waals surface area contributed by atoms with Crippen LogP contribution in [-0.2, 0) is 4.74 Å². The van der Waals surface area contributed by atoms with Crippen molar-refractivity contribution < 1.29 is 9.53 Å². The molecule has 2 unspecified atom stereocenters. The molecule has 0 bridgehead atoms. The molecule has 0 saturated heterocycles. The second-order valence-electron chi connectivity index (χ2n) is 4.60. The highest BCUT2D eigenvalue weighted by atomic mass is 16.6. The average molecular weight is 271 g/mol. The van der Waals surface area contributed by atoms with Gasteiger partial charge in [-0.05, 0) is 25.5 Å². The van der Waals surface area contributed by atoms with Gasteiger partial charge in [0, 0.05) is 0 Å². The lowest BCUT2D eigenvalue weighted by Crippen LogP contribution is -2.41. The number of nitrogens with zero attached hydrogens (tertiary/aromatic N) is 2. The molecular formula is C15H17N3O2. The van der Waals surface area contributed by atoms with Crippen LogP contribution in [0.5, 0.6) is 0 Å². The van der Waals surface area contributed by atoms with Crippen molar-refractivity contribution in [1.29, 1.82) is 0 Å². The van der Waals surface area contributed by atoms with E-state index in [2.05, 4.69) is 10.2 Å². The molecule has 0 aromatic heterocycles. The van der Waals surface area contributed by atoms with Gasteiger partial charge < -0.3 is 10.5 Å². The Bertz CT molecular complexity index is 551. The van der Waals surface area contributed by atoms with Crippen LogP contribution < -0.4 is 5.73 Å². The Morgan fingerprint density at radius 2 is 2.10 bits per heavy atom. The highest BCUT2D eigenvalue weighted by Crippen LogP contribution is 2.30. The van der Waals surface area contributed by atoms with E-state index in [0.29, 0.717) is 6.42 Å². The Labute approximate surface area is 117 Å². The van der Waals surface area contributed by atoms with Crippen LogP contribution >= 0.6 is 0 Å². The Balaban J connectivity index is 2.24. The maximum Gasteiger partial charge on any atom is 0.404 e. The van der Waals surface area contributed by atoms with Crippen molar-refractivity contribution in [2.24, 2.45) is 16.0 Å². The van der Waals surface area contributed by atoms with Crippen molar-refractivity contribution >= 4 is 11.8 Å². The van der Waals surface area contributed by atoms with Crippen LogP contribution in [0.2, 0.25) is 0 Å². The summed E-state index contributed by atoms with van der Waals surface area (Å²) in [7, 11) is 0. The summed E-state index contributed by atoms with van der Waals surface area (Å²) in [6.07, 6.45) is 6.94. The number of carbonyl (C=O) groups is 1. The summed E-state index contributed by atoms with van der Waals surface area (Å²) in [5.74, 6) is 0. The molecule has 0 fully saturated rings. The predicted octanol–water partition coefficient (Wildman–Crippen LogP) is 3.51. The Kier molecular flexibility index (Phi) is 4.30. The van der Waals surface area contributed by atoms with E-state index in [1.807, 2.05) is 54.6 Å². The molecule has 0 spiro atoms. The van der Waals surface area contributed by atoms with Crippen LogP contribution in [-0.4, -0.2) is 17.7 Å². The number of amides is 1. The highest BCUT2D eigenvalue weighted by molar-refractivity contribution is 5.65. The number of azo groups is 1. The van der Waals surface area contributed by atoms with Gasteiger partial charge in [-0.1, -0.05) is 42.5 Å². The van der Waals surface area contributed by atoms with E-state index in [1.54, 1.807) is 6.92 Å². The lowest BCUT2D eigenvalue weighted by atomic mass is 9.87. The summed E-state index contributed by atoms with van der Waals surface area (Å²) in [5.41, 5.74) is 5.13. The van der Waals surface area contributed by atoms with Crippen molar-refractivity contribution in [2.45, 2.75) is 25.0 Å². The van der Waals surface area contributed by atoms with Gasteiger partial charge in [-0.25, -0.2) is 4.79 Å². The summed E-state index contributed by atoms with van der Waals surface area (Å²) >= 11 is 0. The van der Waals surface area contributed by atoms with Crippen LogP contribution in [0.1, 0.15) is 13.3 Å². The van der Waals surface area contributed by atoms with E-state index in [4.69, 9.17) is 10.5 Å². The number of primary amides is 1. The molecule has 0 heterocycles. The maximum atomic E-state index is 11.0. The topological polar surface area (TPSA) is 77.0 Å². The quantitative estimate of drug-likeness (QED) is 0.850. The van der Waals surface area contributed by atoms with Crippen LogP contribution in [0.25, 0.3) is 0 Å². The molecule has 5 nitrogen and oxygen atoms in total. The first-order chi connectivity index (χ1) is 9.62. The number of rotatable bonds is 4. The van der Waals surface area contributed by atoms with Gasteiger partial charge in [-0.2, -0.15) is 10.2 Å². The van der Waals surface area contributed by atoms with Gasteiger partial charge in [0.25, 0.3) is 0 Å². The van der Waals surface area contributed by atoms with E-state index in [-0.39, 0.29) is 0 Å². The molecule has 20 heavy (non-hydrogen) atoms. The molecule has 2 atom stereocenters. The minimum Gasteiger partial charge on any atom is -0.444 e. The van der Waals surface area contributed by atoms with Gasteiger partial charge >= 0.3 is 6.09 Å². The first-order valence-electron chi connectivity index (χ1n) is 6.41. The van der Waals surface area contributed by atoms with Crippen molar-refractivity contribution in [3.05, 3.63) is 54.6 Å². The molecule has 0 aliphatic heterocycles. The molecule has 1 aromatic rings. The number of hydrogen-bond acceptors (Lipinski definition) is 4. The van der Waals surface area contributed by atoms with E-state index >= 15 is 0 Å². The summed E-state index contributed by atoms with van der Waals surface area (Å²) in [4.78, 5) is 11.0. The zero-order chi connectivity index (χ0) is 14.4. The van der Waals surface area contributed by atoms with Crippen molar-refractivity contribution in [2.75, 3.05) is 0 Å². The van der Waals surface area contributed by atoms with Gasteiger partial charge in [0.1, 0.15) is 11.6 Å². The van der Waals surface area contributed by atoms with E-state index in [9.17, 15) is 4.79 Å². The van der Waals surface area contributed by atoms with Crippen LogP contribution in [0.3, 0.4) is 0 Å². The molecule has 1 aliphatic rings. The number of carbonyl (C=O) groups excluding carboxylic acids is 1. The first-order valence-corrected chi connectivity index (χ1v) is 6.41. The van der Waals surface area contributed by atoms with Gasteiger partial charge in [-0.3, -0.25) is 0 Å².